The molecule has 0 radical (unpaired) electrons. The van der Waals surface area contributed by atoms with Gasteiger partial charge in [-0.2, -0.15) is 0 Å². The molecule has 236 valence electrons. The standard InChI is InChI=1S/C48H33NO/c1-3-17-34(18-4-1)37-21-7-8-23-39(37)40-24-9-10-25-41(40)42-26-12-15-29-46(42)49(45-28-14-11-22-38(45)35-19-5-2-6-20-35)36-31-32-48-44(33-36)43-27-13-16-30-47(43)50-48/h1-33H. The van der Waals surface area contributed by atoms with E-state index in [1.54, 1.807) is 0 Å². The highest BCUT2D eigenvalue weighted by atomic mass is 16.3. The van der Waals surface area contributed by atoms with Crippen molar-refractivity contribution in [3.05, 3.63) is 200 Å². The number of furan rings is 1. The lowest BCUT2D eigenvalue weighted by Crippen LogP contribution is -2.12. The average molecular weight is 640 g/mol. The van der Waals surface area contributed by atoms with Crippen molar-refractivity contribution in [1.29, 1.82) is 0 Å². The molecular formula is C48H33NO. The third kappa shape index (κ3) is 5.24. The lowest BCUT2D eigenvalue weighted by Gasteiger charge is -2.30. The van der Waals surface area contributed by atoms with Gasteiger partial charge in [-0.15, -0.1) is 0 Å². The molecule has 1 aromatic heterocycles. The van der Waals surface area contributed by atoms with E-state index in [0.29, 0.717) is 0 Å². The van der Waals surface area contributed by atoms with Gasteiger partial charge in [0.1, 0.15) is 11.2 Å². The van der Waals surface area contributed by atoms with Crippen LogP contribution in [0.2, 0.25) is 0 Å². The number of hydrogen-bond acceptors (Lipinski definition) is 2. The van der Waals surface area contributed by atoms with E-state index in [1.165, 1.54) is 27.8 Å². The summed E-state index contributed by atoms with van der Waals surface area (Å²) < 4.78 is 6.28. The zero-order valence-corrected chi connectivity index (χ0v) is 27.4. The van der Waals surface area contributed by atoms with E-state index < -0.39 is 0 Å². The molecule has 0 aliphatic carbocycles. The predicted octanol–water partition coefficient (Wildman–Crippen LogP) is 13.7. The number of fused-ring (bicyclic) bond motifs is 3. The molecule has 2 heteroatoms. The Kier molecular flexibility index (Phi) is 7.53. The summed E-state index contributed by atoms with van der Waals surface area (Å²) in [5, 5.41) is 2.20. The van der Waals surface area contributed by atoms with E-state index in [4.69, 9.17) is 4.42 Å². The summed E-state index contributed by atoms with van der Waals surface area (Å²) in [5.74, 6) is 0. The minimum atomic E-state index is 0.877. The Balaban J connectivity index is 1.30. The van der Waals surface area contributed by atoms with E-state index in [9.17, 15) is 0 Å². The lowest BCUT2D eigenvalue weighted by molar-refractivity contribution is 0.669. The summed E-state index contributed by atoms with van der Waals surface area (Å²) in [7, 11) is 0. The van der Waals surface area contributed by atoms with Crippen LogP contribution in [0.15, 0.2) is 205 Å². The first-order valence-corrected chi connectivity index (χ1v) is 17.0. The van der Waals surface area contributed by atoms with Gasteiger partial charge in [-0.1, -0.05) is 164 Å². The van der Waals surface area contributed by atoms with Crippen molar-refractivity contribution in [3.63, 3.8) is 0 Å². The van der Waals surface area contributed by atoms with Crippen molar-refractivity contribution >= 4 is 39.0 Å². The maximum Gasteiger partial charge on any atom is 0.135 e. The highest BCUT2D eigenvalue weighted by molar-refractivity contribution is 6.07. The molecule has 9 rings (SSSR count). The fraction of sp³-hybridized carbons (Fsp3) is 0. The lowest BCUT2D eigenvalue weighted by atomic mass is 9.88. The predicted molar refractivity (Wildman–Crippen MR) is 210 cm³/mol. The zero-order chi connectivity index (χ0) is 33.3. The Morgan fingerprint density at radius 3 is 1.42 bits per heavy atom. The van der Waals surface area contributed by atoms with Crippen molar-refractivity contribution in [2.75, 3.05) is 4.90 Å². The first-order chi connectivity index (χ1) is 24.8. The van der Waals surface area contributed by atoms with Crippen LogP contribution in [0.1, 0.15) is 0 Å². The summed E-state index contributed by atoms with van der Waals surface area (Å²) in [5.41, 5.74) is 14.4. The maximum atomic E-state index is 6.28. The van der Waals surface area contributed by atoms with Crippen LogP contribution in [-0.2, 0) is 0 Å². The maximum absolute atomic E-state index is 6.28. The normalized spacial score (nSPS) is 11.2. The monoisotopic (exact) mass is 639 g/mol. The molecule has 0 saturated carbocycles. The first kappa shape index (κ1) is 29.5. The molecule has 0 atom stereocenters. The number of nitrogens with zero attached hydrogens (tertiary/aromatic N) is 1. The molecule has 50 heavy (non-hydrogen) atoms. The van der Waals surface area contributed by atoms with Crippen molar-refractivity contribution in [2.45, 2.75) is 0 Å². The molecule has 0 saturated heterocycles. The van der Waals surface area contributed by atoms with E-state index >= 15 is 0 Å². The molecule has 0 unspecified atom stereocenters. The fourth-order valence-electron chi connectivity index (χ4n) is 7.23. The number of rotatable bonds is 7. The SMILES string of the molecule is c1ccc(-c2ccccc2-c2ccccc2-c2ccccc2N(c2ccc3oc4ccccc4c3c2)c2ccccc2-c2ccccc2)cc1. The molecule has 0 spiro atoms. The fourth-order valence-corrected chi connectivity index (χ4v) is 7.23. The third-order valence-corrected chi connectivity index (χ3v) is 9.51. The zero-order valence-electron chi connectivity index (χ0n) is 27.4. The van der Waals surface area contributed by atoms with Gasteiger partial charge in [0.05, 0.1) is 11.4 Å². The second-order valence-corrected chi connectivity index (χ2v) is 12.5. The molecule has 0 aliphatic rings. The second-order valence-electron chi connectivity index (χ2n) is 12.5. The second kappa shape index (κ2) is 12.8. The number of benzene rings is 8. The number of hydrogen-bond donors (Lipinski definition) is 0. The van der Waals surface area contributed by atoms with E-state index in [1.807, 2.05) is 12.1 Å². The molecular weight excluding hydrogens is 607 g/mol. The minimum absolute atomic E-state index is 0.877. The molecule has 2 nitrogen and oxygen atoms in total. The summed E-state index contributed by atoms with van der Waals surface area (Å²) in [6, 6.07) is 71.2. The molecule has 8 aromatic carbocycles. The van der Waals surface area contributed by atoms with Gasteiger partial charge in [0.25, 0.3) is 0 Å². The molecule has 0 amide bonds. The van der Waals surface area contributed by atoms with Crippen LogP contribution in [0.25, 0.3) is 66.4 Å². The van der Waals surface area contributed by atoms with E-state index in [0.717, 1.165) is 55.7 Å². The average Bonchev–Trinajstić information content (AvgIpc) is 3.57. The van der Waals surface area contributed by atoms with Gasteiger partial charge >= 0.3 is 0 Å². The third-order valence-electron chi connectivity index (χ3n) is 9.51. The van der Waals surface area contributed by atoms with Gasteiger partial charge in [-0.25, -0.2) is 0 Å². The van der Waals surface area contributed by atoms with Crippen molar-refractivity contribution in [3.8, 4) is 44.5 Å². The summed E-state index contributed by atoms with van der Waals surface area (Å²) in [4.78, 5) is 2.42. The van der Waals surface area contributed by atoms with Crippen LogP contribution >= 0.6 is 0 Å². The van der Waals surface area contributed by atoms with Crippen molar-refractivity contribution < 1.29 is 4.42 Å². The highest BCUT2D eigenvalue weighted by Crippen LogP contribution is 2.48. The molecule has 0 bridgehead atoms. The number of para-hydroxylation sites is 3. The number of anilines is 3. The molecule has 9 aromatic rings. The largest absolute Gasteiger partial charge is 0.456 e. The van der Waals surface area contributed by atoms with Crippen LogP contribution in [-0.4, -0.2) is 0 Å². The summed E-state index contributed by atoms with van der Waals surface area (Å²) in [6.07, 6.45) is 0. The van der Waals surface area contributed by atoms with Gasteiger partial charge in [0.15, 0.2) is 0 Å². The Bertz CT molecular complexity index is 2600. The van der Waals surface area contributed by atoms with E-state index in [-0.39, 0.29) is 0 Å². The van der Waals surface area contributed by atoms with Crippen LogP contribution in [0.5, 0.6) is 0 Å². The highest BCUT2D eigenvalue weighted by Gasteiger charge is 2.23. The smallest absolute Gasteiger partial charge is 0.135 e. The summed E-state index contributed by atoms with van der Waals surface area (Å²) in [6.45, 7) is 0. The first-order valence-electron chi connectivity index (χ1n) is 17.0. The Morgan fingerprint density at radius 1 is 0.300 bits per heavy atom. The molecule has 0 N–H and O–H groups in total. The van der Waals surface area contributed by atoms with Crippen LogP contribution in [0.3, 0.4) is 0 Å². The van der Waals surface area contributed by atoms with Crippen LogP contribution in [0, 0.1) is 0 Å². The van der Waals surface area contributed by atoms with Gasteiger partial charge < -0.3 is 9.32 Å². The van der Waals surface area contributed by atoms with Gasteiger partial charge in [0.2, 0.25) is 0 Å². The minimum Gasteiger partial charge on any atom is -0.456 e. The Labute approximate surface area is 292 Å². The van der Waals surface area contributed by atoms with Crippen LogP contribution < -0.4 is 4.90 Å². The molecule has 1 heterocycles. The van der Waals surface area contributed by atoms with Crippen molar-refractivity contribution in [1.82, 2.24) is 0 Å². The van der Waals surface area contributed by atoms with Gasteiger partial charge in [-0.05, 0) is 69.8 Å². The Morgan fingerprint density at radius 2 is 0.740 bits per heavy atom. The molecule has 0 aliphatic heterocycles. The summed E-state index contributed by atoms with van der Waals surface area (Å²) >= 11 is 0. The molecule has 0 fully saturated rings. The van der Waals surface area contributed by atoms with Gasteiger partial charge in [-0.3, -0.25) is 0 Å². The quantitative estimate of drug-likeness (QED) is 0.173. The Hall–Kier alpha value is -6.64. The topological polar surface area (TPSA) is 16.4 Å². The van der Waals surface area contributed by atoms with Crippen LogP contribution in [0.4, 0.5) is 17.1 Å². The van der Waals surface area contributed by atoms with Crippen molar-refractivity contribution in [2.24, 2.45) is 0 Å². The van der Waals surface area contributed by atoms with E-state index in [2.05, 4.69) is 193 Å². The van der Waals surface area contributed by atoms with Gasteiger partial charge in [0, 0.05) is 27.6 Å².